The van der Waals surface area contributed by atoms with Crippen LogP contribution in [0.2, 0.25) is 0 Å². The van der Waals surface area contributed by atoms with E-state index < -0.39 is 5.82 Å². The molecule has 0 aliphatic carbocycles. The normalized spacial score (nSPS) is 11.5. The van der Waals surface area contributed by atoms with Crippen molar-refractivity contribution in [2.24, 2.45) is 5.16 Å². The van der Waals surface area contributed by atoms with E-state index in [4.69, 9.17) is 5.21 Å². The van der Waals surface area contributed by atoms with Crippen molar-refractivity contribution in [1.82, 2.24) is 10.2 Å². The quantitative estimate of drug-likeness (QED) is 0.526. The molecule has 1 aromatic heterocycles. The van der Waals surface area contributed by atoms with Gasteiger partial charge in [0.25, 0.3) is 0 Å². The highest BCUT2D eigenvalue weighted by atomic mass is 79.9. The van der Waals surface area contributed by atoms with Crippen molar-refractivity contribution >= 4 is 21.6 Å². The summed E-state index contributed by atoms with van der Waals surface area (Å²) in [6.07, 6.45) is 1.48. The van der Waals surface area contributed by atoms with E-state index in [2.05, 4.69) is 31.3 Å². The first-order valence-corrected chi connectivity index (χ1v) is 5.48. The fourth-order valence-electron chi connectivity index (χ4n) is 1.36. The summed E-state index contributed by atoms with van der Waals surface area (Å²) in [6.45, 7) is 0. The first-order chi connectivity index (χ1) is 8.24. The second kappa shape index (κ2) is 5.01. The summed E-state index contributed by atoms with van der Waals surface area (Å²) in [6, 6.07) is 7.92. The fraction of sp³-hybridized carbons (Fsp3) is 0. The second-order valence-electron chi connectivity index (χ2n) is 3.16. The van der Waals surface area contributed by atoms with Gasteiger partial charge in [-0.3, -0.25) is 0 Å². The molecule has 1 heterocycles. The number of rotatable bonds is 2. The summed E-state index contributed by atoms with van der Waals surface area (Å²) >= 11 is 3.07. The van der Waals surface area contributed by atoms with Crippen LogP contribution < -0.4 is 0 Å². The van der Waals surface area contributed by atoms with Crippen molar-refractivity contribution in [2.45, 2.75) is 0 Å². The molecule has 0 radical (unpaired) electrons. The summed E-state index contributed by atoms with van der Waals surface area (Å²) in [5, 5.41) is 19.5. The Bertz CT molecular complexity index is 560. The Morgan fingerprint density at radius 3 is 2.76 bits per heavy atom. The number of halogens is 2. The molecule has 0 amide bonds. The van der Waals surface area contributed by atoms with Gasteiger partial charge >= 0.3 is 0 Å². The van der Waals surface area contributed by atoms with E-state index in [1.165, 1.54) is 12.3 Å². The Labute approximate surface area is 105 Å². The van der Waals surface area contributed by atoms with Gasteiger partial charge in [0.1, 0.15) is 17.2 Å². The Kier molecular flexibility index (Phi) is 3.43. The Balaban J connectivity index is 2.55. The molecule has 0 bridgehead atoms. The number of nitrogens with zero attached hydrogens (tertiary/aromatic N) is 3. The maximum Gasteiger partial charge on any atom is 0.146 e. The molecule has 0 aliphatic heterocycles. The number of hydrogen-bond donors (Lipinski definition) is 1. The van der Waals surface area contributed by atoms with Crippen molar-refractivity contribution < 1.29 is 9.60 Å². The van der Waals surface area contributed by atoms with E-state index in [9.17, 15) is 4.39 Å². The van der Waals surface area contributed by atoms with Crippen LogP contribution in [0.5, 0.6) is 0 Å². The minimum absolute atomic E-state index is 0.0388. The summed E-state index contributed by atoms with van der Waals surface area (Å²) in [5.41, 5.74) is 0.492. The fourth-order valence-corrected chi connectivity index (χ4v) is 1.72. The molecule has 1 N–H and O–H groups in total. The predicted molar refractivity (Wildman–Crippen MR) is 63.6 cm³/mol. The molecule has 4 nitrogen and oxygen atoms in total. The number of hydrogen-bond acceptors (Lipinski definition) is 4. The van der Waals surface area contributed by atoms with Crippen molar-refractivity contribution in [3.05, 3.63) is 58.1 Å². The highest BCUT2D eigenvalue weighted by Gasteiger charge is 2.15. The van der Waals surface area contributed by atoms with Crippen LogP contribution >= 0.6 is 15.9 Å². The lowest BCUT2D eigenvalue weighted by atomic mass is 10.1. The SMILES string of the molecule is ON=C(c1cccnn1)c1cccc(Br)c1F. The molecule has 0 spiro atoms. The van der Waals surface area contributed by atoms with Gasteiger partial charge in [-0.1, -0.05) is 11.2 Å². The van der Waals surface area contributed by atoms with Crippen LogP contribution in [0.25, 0.3) is 0 Å². The standard InChI is InChI=1S/C11H7BrFN3O/c12-8-4-1-3-7(10(8)13)11(16-17)9-5-2-6-14-15-9/h1-6,17H. The molecule has 86 valence electrons. The maximum atomic E-state index is 13.8. The summed E-state index contributed by atoms with van der Waals surface area (Å²) in [7, 11) is 0. The largest absolute Gasteiger partial charge is 0.410 e. The molecule has 17 heavy (non-hydrogen) atoms. The van der Waals surface area contributed by atoms with Crippen LogP contribution in [0.3, 0.4) is 0 Å². The molecule has 2 aromatic rings. The van der Waals surface area contributed by atoms with Crippen LogP contribution in [0.15, 0.2) is 46.2 Å². The summed E-state index contributed by atoms with van der Waals surface area (Å²) in [5.74, 6) is -0.508. The third-order valence-electron chi connectivity index (χ3n) is 2.12. The van der Waals surface area contributed by atoms with Crippen molar-refractivity contribution in [1.29, 1.82) is 0 Å². The van der Waals surface area contributed by atoms with Crippen molar-refractivity contribution in [3.63, 3.8) is 0 Å². The van der Waals surface area contributed by atoms with E-state index in [-0.39, 0.29) is 11.3 Å². The molecule has 2 rings (SSSR count). The smallest absolute Gasteiger partial charge is 0.146 e. The zero-order chi connectivity index (χ0) is 12.3. The van der Waals surface area contributed by atoms with E-state index >= 15 is 0 Å². The summed E-state index contributed by atoms with van der Waals surface area (Å²) in [4.78, 5) is 0. The Hall–Kier alpha value is -1.82. The molecule has 0 saturated carbocycles. The minimum Gasteiger partial charge on any atom is -0.410 e. The molecule has 0 aliphatic rings. The molecular formula is C11H7BrFN3O. The van der Waals surface area contributed by atoms with Gasteiger partial charge in [-0.05, 0) is 40.2 Å². The molecule has 0 fully saturated rings. The van der Waals surface area contributed by atoms with Gasteiger partial charge in [0.2, 0.25) is 0 Å². The monoisotopic (exact) mass is 295 g/mol. The topological polar surface area (TPSA) is 58.4 Å². The number of aromatic nitrogens is 2. The van der Waals surface area contributed by atoms with Gasteiger partial charge < -0.3 is 5.21 Å². The van der Waals surface area contributed by atoms with Crippen LogP contribution in [-0.4, -0.2) is 21.1 Å². The van der Waals surface area contributed by atoms with Crippen LogP contribution in [0.1, 0.15) is 11.3 Å². The van der Waals surface area contributed by atoms with E-state index in [0.29, 0.717) is 10.2 Å². The average Bonchev–Trinajstić information content (AvgIpc) is 2.37. The maximum absolute atomic E-state index is 13.8. The average molecular weight is 296 g/mol. The zero-order valence-corrected chi connectivity index (χ0v) is 10.1. The number of oxime groups is 1. The van der Waals surface area contributed by atoms with Crippen LogP contribution in [0, 0.1) is 5.82 Å². The van der Waals surface area contributed by atoms with E-state index in [1.807, 2.05) is 0 Å². The molecular weight excluding hydrogens is 289 g/mol. The Morgan fingerprint density at radius 2 is 2.12 bits per heavy atom. The lowest BCUT2D eigenvalue weighted by Crippen LogP contribution is -2.09. The second-order valence-corrected chi connectivity index (χ2v) is 4.01. The third-order valence-corrected chi connectivity index (χ3v) is 2.73. The molecule has 0 atom stereocenters. The van der Waals surface area contributed by atoms with Gasteiger partial charge in [-0.15, -0.1) is 5.10 Å². The van der Waals surface area contributed by atoms with E-state index in [0.717, 1.165) is 0 Å². The highest BCUT2D eigenvalue weighted by Crippen LogP contribution is 2.20. The molecule has 6 heteroatoms. The first kappa shape index (κ1) is 11.7. The summed E-state index contributed by atoms with van der Waals surface area (Å²) < 4.78 is 14.1. The van der Waals surface area contributed by atoms with E-state index in [1.54, 1.807) is 24.3 Å². The first-order valence-electron chi connectivity index (χ1n) is 4.68. The van der Waals surface area contributed by atoms with Gasteiger partial charge in [0.15, 0.2) is 0 Å². The number of benzene rings is 1. The van der Waals surface area contributed by atoms with Gasteiger partial charge in [-0.2, -0.15) is 5.10 Å². The van der Waals surface area contributed by atoms with Crippen LogP contribution in [-0.2, 0) is 0 Å². The highest BCUT2D eigenvalue weighted by molar-refractivity contribution is 9.10. The molecule has 1 aromatic carbocycles. The van der Waals surface area contributed by atoms with Crippen molar-refractivity contribution in [3.8, 4) is 0 Å². The predicted octanol–water partition coefficient (Wildman–Crippen LogP) is 2.60. The van der Waals surface area contributed by atoms with Crippen molar-refractivity contribution in [2.75, 3.05) is 0 Å². The van der Waals surface area contributed by atoms with Gasteiger partial charge in [-0.25, -0.2) is 4.39 Å². The molecule has 0 saturated heterocycles. The molecule has 0 unspecified atom stereocenters. The minimum atomic E-state index is -0.508. The van der Waals surface area contributed by atoms with Crippen LogP contribution in [0.4, 0.5) is 4.39 Å². The lowest BCUT2D eigenvalue weighted by Gasteiger charge is -2.05. The Morgan fingerprint density at radius 1 is 1.29 bits per heavy atom. The lowest BCUT2D eigenvalue weighted by molar-refractivity contribution is 0.319. The third kappa shape index (κ3) is 2.31. The van der Waals surface area contributed by atoms with Gasteiger partial charge in [0, 0.05) is 11.8 Å². The zero-order valence-electron chi connectivity index (χ0n) is 8.51. The van der Waals surface area contributed by atoms with Gasteiger partial charge in [0.05, 0.1) is 4.47 Å².